The maximum Gasteiger partial charge on any atom is 0.0778 e. The average Bonchev–Trinajstić information content (AvgIpc) is 2.27. The number of piperazine rings is 1. The van der Waals surface area contributed by atoms with Gasteiger partial charge < -0.3 is 5.32 Å². The number of nitrogens with one attached hydrogen (secondary N) is 1. The Morgan fingerprint density at radius 3 is 2.19 bits per heavy atom. The molecule has 0 atom stereocenters. The third kappa shape index (κ3) is 3.02. The van der Waals surface area contributed by atoms with Gasteiger partial charge in [-0.05, 0) is 17.7 Å². The molecule has 0 aliphatic carbocycles. The van der Waals surface area contributed by atoms with E-state index < -0.39 is 0 Å². The quantitative estimate of drug-likeness (QED) is 0.837. The first-order chi connectivity index (χ1) is 7.66. The van der Waals surface area contributed by atoms with Gasteiger partial charge in [0.25, 0.3) is 0 Å². The molecule has 1 aliphatic rings. The van der Waals surface area contributed by atoms with E-state index in [0.29, 0.717) is 15.1 Å². The van der Waals surface area contributed by atoms with Crippen LogP contribution >= 0.6 is 34.8 Å². The summed E-state index contributed by atoms with van der Waals surface area (Å²) in [6.07, 6.45) is 0. The molecule has 0 aromatic heterocycles. The summed E-state index contributed by atoms with van der Waals surface area (Å²) < 4.78 is 0. The zero-order valence-electron chi connectivity index (χ0n) is 8.77. The normalized spacial score (nSPS) is 17.7. The molecule has 0 saturated carbocycles. The van der Waals surface area contributed by atoms with E-state index >= 15 is 0 Å². The summed E-state index contributed by atoms with van der Waals surface area (Å²) in [7, 11) is 0. The van der Waals surface area contributed by atoms with Crippen LogP contribution in [-0.4, -0.2) is 31.1 Å². The van der Waals surface area contributed by atoms with E-state index in [9.17, 15) is 0 Å². The van der Waals surface area contributed by atoms with E-state index in [2.05, 4.69) is 10.2 Å². The van der Waals surface area contributed by atoms with Crippen LogP contribution in [0.4, 0.5) is 0 Å². The van der Waals surface area contributed by atoms with E-state index in [0.717, 1.165) is 38.3 Å². The van der Waals surface area contributed by atoms with Gasteiger partial charge in [-0.15, -0.1) is 0 Å². The fraction of sp³-hybridized carbons (Fsp3) is 0.455. The minimum absolute atomic E-state index is 0.437. The van der Waals surface area contributed by atoms with Gasteiger partial charge in [0, 0.05) is 32.7 Å². The van der Waals surface area contributed by atoms with Crippen molar-refractivity contribution >= 4 is 34.8 Å². The van der Waals surface area contributed by atoms with Gasteiger partial charge in [0.2, 0.25) is 0 Å². The van der Waals surface area contributed by atoms with Gasteiger partial charge in [0.05, 0.1) is 15.1 Å². The van der Waals surface area contributed by atoms with Crippen LogP contribution < -0.4 is 5.32 Å². The SMILES string of the molecule is Clc1cc(CN2CCNCC2)cc(Cl)c1Cl. The number of benzene rings is 1. The monoisotopic (exact) mass is 278 g/mol. The first kappa shape index (κ1) is 12.5. The fourth-order valence-electron chi connectivity index (χ4n) is 1.83. The first-order valence-electron chi connectivity index (χ1n) is 5.23. The number of nitrogens with zero attached hydrogens (tertiary/aromatic N) is 1. The number of rotatable bonds is 2. The third-order valence-electron chi connectivity index (χ3n) is 2.66. The molecule has 2 nitrogen and oxygen atoms in total. The Balaban J connectivity index is 2.09. The lowest BCUT2D eigenvalue weighted by atomic mass is 10.2. The molecule has 1 aromatic rings. The van der Waals surface area contributed by atoms with Crippen LogP contribution in [0, 0.1) is 0 Å². The molecule has 2 rings (SSSR count). The van der Waals surface area contributed by atoms with Gasteiger partial charge in [0.15, 0.2) is 0 Å². The van der Waals surface area contributed by atoms with E-state index in [4.69, 9.17) is 34.8 Å². The Kier molecular flexibility index (Phi) is 4.34. The second-order valence-electron chi connectivity index (χ2n) is 3.90. The zero-order chi connectivity index (χ0) is 11.5. The Morgan fingerprint density at radius 2 is 1.62 bits per heavy atom. The molecule has 0 radical (unpaired) electrons. The summed E-state index contributed by atoms with van der Waals surface area (Å²) >= 11 is 17.9. The van der Waals surface area contributed by atoms with E-state index in [1.807, 2.05) is 12.1 Å². The predicted molar refractivity (Wildman–Crippen MR) is 69.6 cm³/mol. The lowest BCUT2D eigenvalue weighted by molar-refractivity contribution is 0.233. The fourth-order valence-corrected chi connectivity index (χ4v) is 2.47. The molecule has 1 N–H and O–H groups in total. The molecule has 1 heterocycles. The van der Waals surface area contributed by atoms with Crippen molar-refractivity contribution in [2.24, 2.45) is 0 Å². The largest absolute Gasteiger partial charge is 0.314 e. The maximum atomic E-state index is 5.99. The zero-order valence-corrected chi connectivity index (χ0v) is 11.0. The molecule has 88 valence electrons. The minimum atomic E-state index is 0.437. The van der Waals surface area contributed by atoms with Gasteiger partial charge in [-0.1, -0.05) is 34.8 Å². The van der Waals surface area contributed by atoms with Crippen molar-refractivity contribution in [3.05, 3.63) is 32.8 Å². The Labute approximate surface area is 110 Å². The van der Waals surface area contributed by atoms with Crippen molar-refractivity contribution in [1.29, 1.82) is 0 Å². The van der Waals surface area contributed by atoms with E-state index in [-0.39, 0.29) is 0 Å². The van der Waals surface area contributed by atoms with Gasteiger partial charge in [-0.2, -0.15) is 0 Å². The van der Waals surface area contributed by atoms with Crippen LogP contribution in [0.15, 0.2) is 12.1 Å². The van der Waals surface area contributed by atoms with Gasteiger partial charge >= 0.3 is 0 Å². The smallest absolute Gasteiger partial charge is 0.0778 e. The highest BCUT2D eigenvalue weighted by molar-refractivity contribution is 6.48. The maximum absolute atomic E-state index is 5.99. The molecule has 1 saturated heterocycles. The highest BCUT2D eigenvalue weighted by atomic mass is 35.5. The second kappa shape index (κ2) is 5.56. The lowest BCUT2D eigenvalue weighted by Gasteiger charge is -2.27. The molecule has 0 bridgehead atoms. The molecule has 1 aliphatic heterocycles. The lowest BCUT2D eigenvalue weighted by Crippen LogP contribution is -2.42. The Bertz CT molecular complexity index is 352. The van der Waals surface area contributed by atoms with Crippen LogP contribution in [0.5, 0.6) is 0 Å². The molecule has 0 spiro atoms. The van der Waals surface area contributed by atoms with E-state index in [1.54, 1.807) is 0 Å². The number of hydrogen-bond acceptors (Lipinski definition) is 2. The molecular formula is C11H13Cl3N2. The van der Waals surface area contributed by atoms with Crippen molar-refractivity contribution < 1.29 is 0 Å². The van der Waals surface area contributed by atoms with Crippen LogP contribution in [-0.2, 0) is 6.54 Å². The topological polar surface area (TPSA) is 15.3 Å². The van der Waals surface area contributed by atoms with Crippen molar-refractivity contribution in [3.8, 4) is 0 Å². The van der Waals surface area contributed by atoms with Gasteiger partial charge in [0.1, 0.15) is 0 Å². The molecule has 1 fully saturated rings. The summed E-state index contributed by atoms with van der Waals surface area (Å²) in [5, 5.41) is 4.81. The van der Waals surface area contributed by atoms with Gasteiger partial charge in [-0.3, -0.25) is 4.90 Å². The van der Waals surface area contributed by atoms with Crippen LogP contribution in [0.1, 0.15) is 5.56 Å². The highest BCUT2D eigenvalue weighted by Crippen LogP contribution is 2.31. The van der Waals surface area contributed by atoms with Crippen molar-refractivity contribution in [3.63, 3.8) is 0 Å². The summed E-state index contributed by atoms with van der Waals surface area (Å²) in [4.78, 5) is 2.37. The van der Waals surface area contributed by atoms with Crippen LogP contribution in [0.2, 0.25) is 15.1 Å². The second-order valence-corrected chi connectivity index (χ2v) is 5.09. The molecule has 1 aromatic carbocycles. The minimum Gasteiger partial charge on any atom is -0.314 e. The summed E-state index contributed by atoms with van der Waals surface area (Å²) in [5.41, 5.74) is 1.11. The Morgan fingerprint density at radius 1 is 1.06 bits per heavy atom. The van der Waals surface area contributed by atoms with Crippen molar-refractivity contribution in [2.75, 3.05) is 26.2 Å². The molecular weight excluding hydrogens is 266 g/mol. The van der Waals surface area contributed by atoms with E-state index in [1.165, 1.54) is 0 Å². The summed E-state index contributed by atoms with van der Waals surface area (Å²) in [6, 6.07) is 3.77. The highest BCUT2D eigenvalue weighted by Gasteiger charge is 2.12. The molecule has 5 heteroatoms. The van der Waals surface area contributed by atoms with Crippen molar-refractivity contribution in [1.82, 2.24) is 10.2 Å². The first-order valence-corrected chi connectivity index (χ1v) is 6.36. The molecule has 0 amide bonds. The van der Waals surface area contributed by atoms with Crippen LogP contribution in [0.25, 0.3) is 0 Å². The third-order valence-corrected chi connectivity index (χ3v) is 3.86. The summed E-state index contributed by atoms with van der Waals surface area (Å²) in [6.45, 7) is 5.05. The number of hydrogen-bond donors (Lipinski definition) is 1. The Hall–Kier alpha value is 0.01000. The summed E-state index contributed by atoms with van der Waals surface area (Å²) in [5.74, 6) is 0. The van der Waals surface area contributed by atoms with Crippen molar-refractivity contribution in [2.45, 2.75) is 6.54 Å². The standard InChI is InChI=1S/C11H13Cl3N2/c12-9-5-8(6-10(13)11(9)14)7-16-3-1-15-2-4-16/h5-6,15H,1-4,7H2. The molecule has 16 heavy (non-hydrogen) atoms. The molecule has 0 unspecified atom stereocenters. The van der Waals surface area contributed by atoms with Gasteiger partial charge in [-0.25, -0.2) is 0 Å². The average molecular weight is 280 g/mol. The predicted octanol–water partition coefficient (Wildman–Crippen LogP) is 3.05. The number of halogens is 3. The van der Waals surface area contributed by atoms with Crippen LogP contribution in [0.3, 0.4) is 0 Å².